The van der Waals surface area contributed by atoms with E-state index in [0.717, 1.165) is 35.1 Å². The summed E-state index contributed by atoms with van der Waals surface area (Å²) in [6.07, 6.45) is 1.67. The van der Waals surface area contributed by atoms with Gasteiger partial charge in [0.2, 0.25) is 0 Å². The van der Waals surface area contributed by atoms with Gasteiger partial charge in [0.25, 0.3) is 0 Å². The molecule has 0 bridgehead atoms. The molecule has 1 aromatic carbocycles. The van der Waals surface area contributed by atoms with Gasteiger partial charge in [0, 0.05) is 23.4 Å². The van der Waals surface area contributed by atoms with Gasteiger partial charge in [-0.1, -0.05) is 31.2 Å². The first-order chi connectivity index (χ1) is 8.76. The van der Waals surface area contributed by atoms with E-state index in [1.54, 1.807) is 0 Å². The summed E-state index contributed by atoms with van der Waals surface area (Å²) in [5.74, 6) is 0.802. The Morgan fingerprint density at radius 3 is 2.61 bits per heavy atom. The van der Waals surface area contributed by atoms with E-state index >= 15 is 0 Å². The van der Waals surface area contributed by atoms with Crippen LogP contribution < -0.4 is 5.32 Å². The number of nitrogens with one attached hydrogen (secondary N) is 1. The summed E-state index contributed by atoms with van der Waals surface area (Å²) in [6, 6.07) is 8.34. The van der Waals surface area contributed by atoms with Gasteiger partial charge >= 0.3 is 0 Å². The second-order valence-electron chi connectivity index (χ2n) is 4.44. The predicted molar refractivity (Wildman–Crippen MR) is 73.7 cm³/mol. The molecule has 0 saturated heterocycles. The Labute approximate surface area is 107 Å². The minimum Gasteiger partial charge on any atom is -0.396 e. The number of fused-ring (bicyclic) bond motifs is 1. The molecule has 0 aliphatic carbocycles. The third kappa shape index (κ3) is 2.59. The normalized spacial score (nSPS) is 12.6. The third-order valence-electron chi connectivity index (χ3n) is 3.18. The first-order valence-electron chi connectivity index (χ1n) is 6.35. The lowest BCUT2D eigenvalue weighted by molar-refractivity contribution is 0.278. The van der Waals surface area contributed by atoms with Crippen molar-refractivity contribution in [3.05, 3.63) is 30.0 Å². The molecule has 4 nitrogen and oxygen atoms in total. The van der Waals surface area contributed by atoms with Gasteiger partial charge in [-0.25, -0.2) is 0 Å². The Balaban J connectivity index is 2.36. The standard InChI is InChI=1S/C14H19N3O/c1-3-11(8-9-18)15-14-13-7-5-4-6-12(13)10(2)16-17-14/h4-7,11,18H,3,8-9H2,1-2H3,(H,15,17). The van der Waals surface area contributed by atoms with Crippen molar-refractivity contribution in [3.63, 3.8) is 0 Å². The topological polar surface area (TPSA) is 58.0 Å². The van der Waals surface area contributed by atoms with Gasteiger partial charge < -0.3 is 10.4 Å². The quantitative estimate of drug-likeness (QED) is 0.849. The van der Waals surface area contributed by atoms with Crippen LogP contribution in [0.15, 0.2) is 24.3 Å². The minimum absolute atomic E-state index is 0.183. The molecule has 1 unspecified atom stereocenters. The van der Waals surface area contributed by atoms with Crippen molar-refractivity contribution < 1.29 is 5.11 Å². The number of aromatic nitrogens is 2. The van der Waals surface area contributed by atoms with Crippen molar-refractivity contribution >= 4 is 16.6 Å². The monoisotopic (exact) mass is 245 g/mol. The van der Waals surface area contributed by atoms with Gasteiger partial charge in [-0.3, -0.25) is 0 Å². The number of benzene rings is 1. The largest absolute Gasteiger partial charge is 0.396 e. The fraction of sp³-hybridized carbons (Fsp3) is 0.429. The molecule has 2 aromatic rings. The van der Waals surface area contributed by atoms with Gasteiger partial charge in [-0.2, -0.15) is 5.10 Å². The van der Waals surface area contributed by atoms with Crippen LogP contribution in [0.1, 0.15) is 25.5 Å². The maximum Gasteiger partial charge on any atom is 0.156 e. The zero-order chi connectivity index (χ0) is 13.0. The number of aryl methyl sites for hydroxylation is 1. The second-order valence-corrected chi connectivity index (χ2v) is 4.44. The molecule has 2 N–H and O–H groups in total. The van der Waals surface area contributed by atoms with Crippen molar-refractivity contribution in [2.75, 3.05) is 11.9 Å². The molecule has 1 atom stereocenters. The number of hydrogen-bond acceptors (Lipinski definition) is 4. The molecule has 0 aliphatic rings. The Hall–Kier alpha value is -1.68. The summed E-state index contributed by atoms with van der Waals surface area (Å²) < 4.78 is 0. The number of nitrogens with zero attached hydrogens (tertiary/aromatic N) is 2. The summed E-state index contributed by atoms with van der Waals surface area (Å²) >= 11 is 0. The van der Waals surface area contributed by atoms with Crippen molar-refractivity contribution in [3.8, 4) is 0 Å². The second kappa shape index (κ2) is 5.78. The van der Waals surface area contributed by atoms with Crippen LogP contribution in [0.4, 0.5) is 5.82 Å². The van der Waals surface area contributed by atoms with E-state index in [0.29, 0.717) is 0 Å². The highest BCUT2D eigenvalue weighted by Gasteiger charge is 2.10. The number of rotatable bonds is 5. The number of aliphatic hydroxyl groups is 1. The molecular formula is C14H19N3O. The van der Waals surface area contributed by atoms with Crippen LogP contribution in [0.2, 0.25) is 0 Å². The molecule has 1 heterocycles. The van der Waals surface area contributed by atoms with Crippen LogP contribution in [0.3, 0.4) is 0 Å². The van der Waals surface area contributed by atoms with E-state index < -0.39 is 0 Å². The summed E-state index contributed by atoms with van der Waals surface area (Å²) in [6.45, 7) is 4.24. The maximum absolute atomic E-state index is 9.03. The molecule has 0 radical (unpaired) electrons. The first kappa shape index (κ1) is 12.8. The highest BCUT2D eigenvalue weighted by molar-refractivity contribution is 5.92. The number of aliphatic hydroxyl groups excluding tert-OH is 1. The molecule has 4 heteroatoms. The van der Waals surface area contributed by atoms with E-state index in [2.05, 4.69) is 28.5 Å². The molecule has 0 saturated carbocycles. The lowest BCUT2D eigenvalue weighted by atomic mass is 10.1. The molecule has 0 fully saturated rings. The van der Waals surface area contributed by atoms with Crippen LogP contribution >= 0.6 is 0 Å². The molecule has 2 rings (SSSR count). The highest BCUT2D eigenvalue weighted by atomic mass is 16.3. The summed E-state index contributed by atoms with van der Waals surface area (Å²) in [5, 5.41) is 23.0. The fourth-order valence-electron chi connectivity index (χ4n) is 2.07. The third-order valence-corrected chi connectivity index (χ3v) is 3.18. The van der Waals surface area contributed by atoms with E-state index in [-0.39, 0.29) is 12.6 Å². The average Bonchev–Trinajstić information content (AvgIpc) is 2.41. The van der Waals surface area contributed by atoms with Crippen LogP contribution in [0.25, 0.3) is 10.8 Å². The van der Waals surface area contributed by atoms with Crippen LogP contribution in [-0.2, 0) is 0 Å². The van der Waals surface area contributed by atoms with Crippen molar-refractivity contribution in [1.82, 2.24) is 10.2 Å². The van der Waals surface area contributed by atoms with Crippen LogP contribution in [0.5, 0.6) is 0 Å². The lowest BCUT2D eigenvalue weighted by Gasteiger charge is -2.17. The highest BCUT2D eigenvalue weighted by Crippen LogP contribution is 2.23. The molecule has 18 heavy (non-hydrogen) atoms. The molecule has 1 aromatic heterocycles. The van der Waals surface area contributed by atoms with Gasteiger partial charge in [0.1, 0.15) is 0 Å². The van der Waals surface area contributed by atoms with E-state index in [1.807, 2.05) is 25.1 Å². The Morgan fingerprint density at radius 1 is 1.22 bits per heavy atom. The van der Waals surface area contributed by atoms with Gasteiger partial charge in [0.05, 0.1) is 5.69 Å². The average molecular weight is 245 g/mol. The summed E-state index contributed by atoms with van der Waals surface area (Å²) in [5.41, 5.74) is 0.936. The van der Waals surface area contributed by atoms with E-state index in [9.17, 15) is 0 Å². The fourth-order valence-corrected chi connectivity index (χ4v) is 2.07. The maximum atomic E-state index is 9.03. The molecule has 0 amide bonds. The SMILES string of the molecule is CCC(CCO)Nc1nnc(C)c2ccccc12. The Morgan fingerprint density at radius 2 is 1.94 bits per heavy atom. The summed E-state index contributed by atoms with van der Waals surface area (Å²) in [7, 11) is 0. The van der Waals surface area contributed by atoms with Crippen LogP contribution in [-0.4, -0.2) is 28.0 Å². The van der Waals surface area contributed by atoms with Crippen molar-refractivity contribution in [1.29, 1.82) is 0 Å². The number of anilines is 1. The number of hydrogen-bond donors (Lipinski definition) is 2. The van der Waals surface area contributed by atoms with Gasteiger partial charge in [-0.05, 0) is 19.8 Å². The molecule has 96 valence electrons. The van der Waals surface area contributed by atoms with Crippen molar-refractivity contribution in [2.45, 2.75) is 32.7 Å². The van der Waals surface area contributed by atoms with Crippen LogP contribution in [0, 0.1) is 6.92 Å². The smallest absolute Gasteiger partial charge is 0.156 e. The lowest BCUT2D eigenvalue weighted by Crippen LogP contribution is -2.21. The van der Waals surface area contributed by atoms with Gasteiger partial charge in [-0.15, -0.1) is 5.10 Å². The van der Waals surface area contributed by atoms with Crippen molar-refractivity contribution in [2.24, 2.45) is 0 Å². The summed E-state index contributed by atoms with van der Waals surface area (Å²) in [4.78, 5) is 0. The zero-order valence-electron chi connectivity index (χ0n) is 10.8. The van der Waals surface area contributed by atoms with E-state index in [1.165, 1.54) is 0 Å². The predicted octanol–water partition coefficient (Wildman–Crippen LogP) is 2.51. The van der Waals surface area contributed by atoms with E-state index in [4.69, 9.17) is 5.11 Å². The zero-order valence-corrected chi connectivity index (χ0v) is 10.8. The Kier molecular flexibility index (Phi) is 4.10. The van der Waals surface area contributed by atoms with Gasteiger partial charge in [0.15, 0.2) is 5.82 Å². The minimum atomic E-state index is 0.183. The molecule has 0 spiro atoms. The molecule has 0 aliphatic heterocycles. The molecular weight excluding hydrogens is 226 g/mol. The Bertz CT molecular complexity index is 527. The first-order valence-corrected chi connectivity index (χ1v) is 6.35.